The molecule has 0 spiro atoms. The number of hydrogen-bond acceptors (Lipinski definition) is 20. The number of benzene rings is 2. The van der Waals surface area contributed by atoms with E-state index in [4.69, 9.17) is 30.0 Å². The number of hydrogen-bond donors (Lipinski definition) is 11. The van der Waals surface area contributed by atoms with Gasteiger partial charge in [0.1, 0.15) is 41.7 Å². The van der Waals surface area contributed by atoms with Crippen LogP contribution in [0.3, 0.4) is 0 Å². The zero-order valence-corrected chi connectivity index (χ0v) is 47.3. The number of ether oxygens (including phenoxy) is 2. The van der Waals surface area contributed by atoms with Crippen LogP contribution >= 0.6 is 23.5 Å². The van der Waals surface area contributed by atoms with Gasteiger partial charge in [0, 0.05) is 63.6 Å². The molecular weight excluding hydrogens is 1120 g/mol. The van der Waals surface area contributed by atoms with Gasteiger partial charge in [-0.1, -0.05) is 18.9 Å². The summed E-state index contributed by atoms with van der Waals surface area (Å²) in [6.07, 6.45) is 0.244. The van der Waals surface area contributed by atoms with Gasteiger partial charge in [-0.3, -0.25) is 28.2 Å². The van der Waals surface area contributed by atoms with E-state index in [1.165, 1.54) is 0 Å². The molecular formula is C46H64N10O19P3S+. The Bertz CT molecular complexity index is 3600. The third-order valence-electron chi connectivity index (χ3n) is 13.6. The number of nitrogens with zero attached hydrogens (tertiary/aromatic N) is 6. The summed E-state index contributed by atoms with van der Waals surface area (Å²) >= 11 is 0. The Balaban J connectivity index is 0.860. The quantitative estimate of drug-likeness (QED) is 0.0194. The molecule has 8 rings (SSSR count). The molecule has 4 aliphatic rings. The lowest BCUT2D eigenvalue weighted by Gasteiger charge is -2.43. The average Bonchev–Trinajstić information content (AvgIpc) is 3.94. The molecule has 432 valence electrons. The summed E-state index contributed by atoms with van der Waals surface area (Å²) < 4.78 is 97.2. The fourth-order valence-electron chi connectivity index (χ4n) is 10.3. The first-order chi connectivity index (χ1) is 36.7. The highest BCUT2D eigenvalue weighted by Crippen LogP contribution is 2.66. The highest BCUT2D eigenvalue weighted by Gasteiger charge is 2.48. The van der Waals surface area contributed by atoms with Gasteiger partial charge >= 0.3 is 23.5 Å². The second-order valence-electron chi connectivity index (χ2n) is 20.5. The minimum Gasteiger partial charge on any atom is -0.452 e. The number of aliphatic hydroxyl groups excluding tert-OH is 2. The molecule has 6 atom stereocenters. The highest BCUT2D eigenvalue weighted by atomic mass is 32.2. The summed E-state index contributed by atoms with van der Waals surface area (Å²) in [5, 5.41) is 29.0. The van der Waals surface area contributed by atoms with Gasteiger partial charge in [-0.15, -0.1) is 0 Å². The molecule has 2 aromatic carbocycles. The van der Waals surface area contributed by atoms with Crippen molar-refractivity contribution in [1.82, 2.24) is 29.4 Å². The van der Waals surface area contributed by atoms with E-state index in [9.17, 15) is 56.3 Å². The maximum absolute atomic E-state index is 13.1. The lowest BCUT2D eigenvalue weighted by atomic mass is 9.88. The molecule has 4 aromatic rings. The number of allylic oxidation sites excluding steroid dienone is 1. The van der Waals surface area contributed by atoms with Crippen LogP contribution in [0.5, 0.6) is 11.5 Å². The normalized spacial score (nSPS) is 21.8. The van der Waals surface area contributed by atoms with Gasteiger partial charge < -0.3 is 60.5 Å². The molecule has 79 heavy (non-hydrogen) atoms. The summed E-state index contributed by atoms with van der Waals surface area (Å²) in [5.41, 5.74) is 8.46. The predicted octanol–water partition coefficient (Wildman–Crippen LogP) is 2.87. The van der Waals surface area contributed by atoms with Crippen molar-refractivity contribution in [3.63, 3.8) is 0 Å². The van der Waals surface area contributed by atoms with Gasteiger partial charge in [0.25, 0.3) is 15.7 Å². The zero-order valence-electron chi connectivity index (χ0n) is 43.8. The number of phosphoric acid groups is 3. The Kier molecular flexibility index (Phi) is 17.1. The molecule has 0 radical (unpaired) electrons. The van der Waals surface area contributed by atoms with Gasteiger partial charge in [-0.2, -0.15) is 22.0 Å². The maximum atomic E-state index is 13.1. The number of aromatic amines is 1. The van der Waals surface area contributed by atoms with Crippen molar-refractivity contribution >= 4 is 85.1 Å². The number of fused-ring (bicyclic) bond motifs is 5. The molecule has 0 saturated carbocycles. The van der Waals surface area contributed by atoms with Gasteiger partial charge in [0.05, 0.1) is 23.8 Å². The van der Waals surface area contributed by atoms with E-state index in [0.717, 1.165) is 27.9 Å². The summed E-state index contributed by atoms with van der Waals surface area (Å²) in [5.74, 6) is -0.106. The minimum atomic E-state index is -5.85. The van der Waals surface area contributed by atoms with E-state index in [1.54, 1.807) is 6.07 Å². The van der Waals surface area contributed by atoms with E-state index >= 15 is 0 Å². The molecule has 2 unspecified atom stereocenters. The van der Waals surface area contributed by atoms with Crippen molar-refractivity contribution in [1.29, 1.82) is 0 Å². The SMILES string of the molecule is CCN1c2cc3c(cc2C(C)=CC1(C)C)N=c1cc2c(cc1O3)=[N+](CCCC(=O)NCCCCCCNc1nc3c(=O)[nH]c(N)nc3n1[C@@H]1O[C@H](COP(=O)(O)OP(=O)(O)OP(=O)(O)O)[C@@H](O)[C@H]1O)C(C)(C)C=C2CS(=O)(=O)O. The van der Waals surface area contributed by atoms with Gasteiger partial charge in [0.2, 0.25) is 23.2 Å². The van der Waals surface area contributed by atoms with Crippen LogP contribution < -0.4 is 46.9 Å². The van der Waals surface area contributed by atoms with E-state index < -0.39 is 81.6 Å². The molecule has 2 aromatic heterocycles. The molecule has 6 heterocycles. The molecule has 12 N–H and O–H groups in total. The summed E-state index contributed by atoms with van der Waals surface area (Å²) in [4.78, 5) is 80.9. The molecule has 29 nitrogen and oxygen atoms in total. The maximum Gasteiger partial charge on any atom is 0.490 e. The number of aliphatic hydroxyl groups is 2. The van der Waals surface area contributed by atoms with Gasteiger partial charge in [-0.05, 0) is 69.9 Å². The Morgan fingerprint density at radius 3 is 2.32 bits per heavy atom. The number of carbonyl (C=O) groups excluding carboxylic acids is 1. The van der Waals surface area contributed by atoms with E-state index in [2.05, 4.69) is 82.0 Å². The van der Waals surface area contributed by atoms with Crippen molar-refractivity contribution in [3.8, 4) is 11.5 Å². The zero-order chi connectivity index (χ0) is 57.8. The van der Waals surface area contributed by atoms with Crippen LogP contribution in [-0.2, 0) is 46.5 Å². The summed E-state index contributed by atoms with van der Waals surface area (Å²) in [6, 6.07) is 7.66. The lowest BCUT2D eigenvalue weighted by molar-refractivity contribution is -0.121. The number of anilines is 3. The van der Waals surface area contributed by atoms with Crippen LogP contribution in [0.2, 0.25) is 0 Å². The number of nitrogen functional groups attached to an aromatic ring is 1. The van der Waals surface area contributed by atoms with E-state index in [-0.39, 0.29) is 47.5 Å². The summed E-state index contributed by atoms with van der Waals surface area (Å²) in [7, 11) is -21.6. The van der Waals surface area contributed by atoms with Crippen molar-refractivity contribution in [2.75, 3.05) is 54.5 Å². The number of unbranched alkanes of at least 4 members (excludes halogenated alkanes) is 3. The molecule has 1 amide bonds. The van der Waals surface area contributed by atoms with Crippen LogP contribution in [0.15, 0.2) is 46.2 Å². The largest absolute Gasteiger partial charge is 0.490 e. The standard InChI is InChI=1S/C46H63N10O19P3S/c1-7-54-31-19-33-29(17-27(31)25(2)21-45(54,3)4)50-30-18-28-26(24-79(68,69)70)22-46(5,6)55(32(28)20-34(30)72-33)16-12-13-36(57)48-14-10-8-9-11-15-49-44-51-37-40(52-43(47)53-41(37)60)56(44)42-39(59)38(58)35(73-42)23-71-77(64,65)75-78(66,67)74-76(61,62)63/h17-22,35,38-39,42,50,58-59H,7-16,23-24H2,1-6H3,(H8,47,48,53,57,60,61,62,63,64,65,66,67,68,69,70)/p+1/t35-,38-,39-,42-/m1/s1. The first-order valence-electron chi connectivity index (χ1n) is 25.0. The Hall–Kier alpha value is -5.26. The first-order valence-corrected chi connectivity index (χ1v) is 31.1. The van der Waals surface area contributed by atoms with Crippen molar-refractivity contribution in [3.05, 3.63) is 68.6 Å². The molecule has 33 heteroatoms. The highest BCUT2D eigenvalue weighted by molar-refractivity contribution is 7.86. The number of amides is 1. The minimum absolute atomic E-state index is 0.0606. The fourth-order valence-corrected chi connectivity index (χ4v) is 14.0. The number of phosphoric ester groups is 1. The van der Waals surface area contributed by atoms with Crippen LogP contribution in [0.1, 0.15) is 97.4 Å². The number of nitrogens with one attached hydrogen (secondary N) is 3. The van der Waals surface area contributed by atoms with E-state index in [0.29, 0.717) is 84.2 Å². The van der Waals surface area contributed by atoms with E-state index in [1.807, 2.05) is 38.1 Å². The number of nitrogens with two attached hydrogens (primary N) is 1. The number of H-pyrrole nitrogens is 1. The number of aromatic nitrogens is 4. The van der Waals surface area contributed by atoms with Crippen LogP contribution in [-0.4, -0.2) is 136 Å². The molecule has 1 saturated heterocycles. The number of imidazole rings is 1. The van der Waals surface area contributed by atoms with Gasteiger partial charge in [-0.25, -0.2) is 28.2 Å². The number of likely N-dealkylation sites (N-methyl/N-ethyl adjacent to an activating group) is 1. The third kappa shape index (κ3) is 13.7. The fraction of sp³-hybridized carbons (Fsp3) is 0.522. The monoisotopic (exact) mass is 1190 g/mol. The van der Waals surface area contributed by atoms with Crippen molar-refractivity contribution < 1.29 is 83.9 Å². The first kappa shape index (κ1) is 59.9. The van der Waals surface area contributed by atoms with Crippen LogP contribution in [0.25, 0.3) is 22.3 Å². The Morgan fingerprint density at radius 2 is 1.63 bits per heavy atom. The van der Waals surface area contributed by atoms with Crippen LogP contribution in [0, 0.1) is 0 Å². The third-order valence-corrected chi connectivity index (χ3v) is 18.1. The molecule has 0 bridgehead atoms. The molecule has 0 aliphatic carbocycles. The molecule has 4 aliphatic heterocycles. The van der Waals surface area contributed by atoms with Gasteiger partial charge in [0.15, 0.2) is 34.4 Å². The number of rotatable bonds is 23. The summed E-state index contributed by atoms with van der Waals surface area (Å²) in [6.45, 7) is 13.1. The van der Waals surface area contributed by atoms with Crippen molar-refractivity contribution in [2.24, 2.45) is 4.99 Å². The topological polar surface area (TPSA) is 422 Å². The Morgan fingerprint density at radius 1 is 0.924 bits per heavy atom. The Labute approximate surface area is 452 Å². The second-order valence-corrected chi connectivity index (χ2v) is 26.3. The molecule has 1 fully saturated rings. The lowest BCUT2D eigenvalue weighted by Crippen LogP contribution is -2.50. The second kappa shape index (κ2) is 22.6. The smallest absolute Gasteiger partial charge is 0.452 e. The van der Waals surface area contributed by atoms with Crippen molar-refractivity contribution in [2.45, 2.75) is 116 Å². The predicted molar refractivity (Wildman–Crippen MR) is 286 cm³/mol. The van der Waals surface area contributed by atoms with Crippen LogP contribution in [0.4, 0.5) is 23.3 Å². The average molecular weight is 1190 g/mol. The number of carbonyl (C=O) groups is 1.